The van der Waals surface area contributed by atoms with Crippen molar-refractivity contribution in [1.29, 1.82) is 0 Å². The zero-order valence-electron chi connectivity index (χ0n) is 21.0. The lowest BCUT2D eigenvalue weighted by molar-refractivity contribution is 0.238. The van der Waals surface area contributed by atoms with Gasteiger partial charge < -0.3 is 20.7 Å². The van der Waals surface area contributed by atoms with Crippen LogP contribution in [0.4, 0.5) is 20.7 Å². The van der Waals surface area contributed by atoms with Crippen LogP contribution in [-0.4, -0.2) is 40.2 Å². The number of ether oxygens (including phenoxy) is 1. The van der Waals surface area contributed by atoms with Crippen LogP contribution in [0.3, 0.4) is 0 Å². The number of carbonyl (C=O) groups is 1. The van der Waals surface area contributed by atoms with Crippen molar-refractivity contribution in [2.24, 2.45) is 0 Å². The highest BCUT2D eigenvalue weighted by atomic mass is 19.1. The molecular weight excluding hydrogens is 471 g/mol. The molecule has 1 atom stereocenters. The maximum atomic E-state index is 12.2. The summed E-state index contributed by atoms with van der Waals surface area (Å²) in [4.78, 5) is 24.8. The summed E-state index contributed by atoms with van der Waals surface area (Å²) in [7, 11) is 0. The quantitative estimate of drug-likeness (QED) is 0.267. The van der Waals surface area contributed by atoms with Crippen LogP contribution in [0.15, 0.2) is 67.1 Å². The van der Waals surface area contributed by atoms with Crippen molar-refractivity contribution in [3.63, 3.8) is 0 Å². The third kappa shape index (κ3) is 7.00. The molecule has 0 saturated heterocycles. The third-order valence-electron chi connectivity index (χ3n) is 5.53. The van der Waals surface area contributed by atoms with Gasteiger partial charge in [0.1, 0.15) is 30.3 Å². The molecule has 8 nitrogen and oxygen atoms in total. The number of nitrogens with zero attached hydrogens (tertiary/aromatic N) is 3. The molecule has 37 heavy (non-hydrogen) atoms. The van der Waals surface area contributed by atoms with E-state index in [9.17, 15) is 9.18 Å². The second kappa shape index (κ2) is 11.9. The number of aromatic nitrogens is 3. The molecule has 2 amide bonds. The van der Waals surface area contributed by atoms with E-state index < -0.39 is 12.7 Å². The number of hydrogen-bond acceptors (Lipinski definition) is 6. The molecule has 4 rings (SSSR count). The van der Waals surface area contributed by atoms with Crippen molar-refractivity contribution in [3.8, 4) is 11.5 Å². The van der Waals surface area contributed by atoms with Gasteiger partial charge in [-0.2, -0.15) is 0 Å². The number of amides is 2. The molecule has 2 aromatic heterocycles. The molecule has 0 aliphatic carbocycles. The van der Waals surface area contributed by atoms with Crippen LogP contribution in [-0.2, 0) is 0 Å². The molecule has 2 heterocycles. The average molecular weight is 501 g/mol. The number of fused-ring (bicyclic) bond motifs is 1. The largest absolute Gasteiger partial charge is 0.455 e. The average Bonchev–Trinajstić information content (AvgIpc) is 2.89. The van der Waals surface area contributed by atoms with Gasteiger partial charge in [0.25, 0.3) is 0 Å². The summed E-state index contributed by atoms with van der Waals surface area (Å²) in [5.74, 6) is 2.10. The smallest absolute Gasteiger partial charge is 0.315 e. The van der Waals surface area contributed by atoms with Crippen LogP contribution < -0.4 is 20.7 Å². The minimum Gasteiger partial charge on any atom is -0.455 e. The van der Waals surface area contributed by atoms with Gasteiger partial charge in [-0.1, -0.05) is 18.2 Å². The molecule has 1 unspecified atom stereocenters. The summed E-state index contributed by atoms with van der Waals surface area (Å²) in [5.41, 5.74) is 4.49. The number of alkyl halides is 1. The Morgan fingerprint density at radius 1 is 1.08 bits per heavy atom. The molecule has 190 valence electrons. The highest BCUT2D eigenvalue weighted by Crippen LogP contribution is 2.30. The predicted molar refractivity (Wildman–Crippen MR) is 144 cm³/mol. The van der Waals surface area contributed by atoms with Gasteiger partial charge >= 0.3 is 6.03 Å². The van der Waals surface area contributed by atoms with Gasteiger partial charge in [0.15, 0.2) is 0 Å². The first-order chi connectivity index (χ1) is 17.9. The van der Waals surface area contributed by atoms with Crippen molar-refractivity contribution in [3.05, 3.63) is 84.0 Å². The van der Waals surface area contributed by atoms with E-state index in [0.717, 1.165) is 39.2 Å². The summed E-state index contributed by atoms with van der Waals surface area (Å²) in [6.45, 7) is 5.14. The van der Waals surface area contributed by atoms with Gasteiger partial charge in [0.2, 0.25) is 0 Å². The van der Waals surface area contributed by atoms with Crippen LogP contribution >= 0.6 is 0 Å². The molecule has 0 bridgehead atoms. The molecule has 0 radical (unpaired) electrons. The monoisotopic (exact) mass is 500 g/mol. The fraction of sp³-hybridized carbons (Fsp3) is 0.214. The zero-order valence-corrected chi connectivity index (χ0v) is 21.0. The first kappa shape index (κ1) is 25.6. The summed E-state index contributed by atoms with van der Waals surface area (Å²) in [6, 6.07) is 14.9. The number of hydrogen-bond donors (Lipinski definition) is 3. The summed E-state index contributed by atoms with van der Waals surface area (Å²) in [5, 5.41) is 9.42. The Morgan fingerprint density at radius 2 is 1.95 bits per heavy atom. The third-order valence-corrected chi connectivity index (χ3v) is 5.53. The van der Waals surface area contributed by atoms with E-state index in [2.05, 4.69) is 30.9 Å². The molecule has 4 aromatic rings. The van der Waals surface area contributed by atoms with Crippen molar-refractivity contribution in [2.45, 2.75) is 26.8 Å². The van der Waals surface area contributed by atoms with E-state index >= 15 is 0 Å². The second-order valence-electron chi connectivity index (χ2n) is 8.58. The Morgan fingerprint density at radius 3 is 2.70 bits per heavy atom. The number of aryl methyl sites for hydroxylation is 2. The van der Waals surface area contributed by atoms with E-state index in [1.54, 1.807) is 6.20 Å². The minimum absolute atomic E-state index is 0.0117. The molecular formula is C28H29FN6O2. The van der Waals surface area contributed by atoms with Crippen LogP contribution in [0.2, 0.25) is 0 Å². The van der Waals surface area contributed by atoms with Gasteiger partial charge in [-0.3, -0.25) is 4.98 Å². The van der Waals surface area contributed by atoms with Crippen LogP contribution in [0.5, 0.6) is 11.5 Å². The lowest BCUT2D eigenvalue weighted by atomic mass is 10.1. The number of rotatable bonds is 9. The molecule has 0 saturated carbocycles. The summed E-state index contributed by atoms with van der Waals surface area (Å²) < 4.78 is 18.2. The van der Waals surface area contributed by atoms with Gasteiger partial charge in [0, 0.05) is 29.4 Å². The lowest BCUT2D eigenvalue weighted by Gasteiger charge is -2.13. The van der Waals surface area contributed by atoms with Crippen LogP contribution in [0.1, 0.15) is 23.7 Å². The standard InChI is InChI=1S/C28H29FN6O2/c1-18-14-22(8-11-26(18)37-23-9-5-19(2)31-16-23)35-27-24-15-21(7-10-25(24)32-17-33-27)6-4-20(3)34-28(36)30-13-12-29/h4-11,14-17,20H,12-13H2,1-3H3,(H2,30,34,36)(H,32,33,35). The maximum absolute atomic E-state index is 12.2. The highest BCUT2D eigenvalue weighted by Gasteiger charge is 2.08. The number of benzene rings is 2. The first-order valence-corrected chi connectivity index (χ1v) is 11.9. The van der Waals surface area contributed by atoms with Crippen molar-refractivity contribution in [2.75, 3.05) is 18.5 Å². The lowest BCUT2D eigenvalue weighted by Crippen LogP contribution is -2.40. The predicted octanol–water partition coefficient (Wildman–Crippen LogP) is 5.85. The van der Waals surface area contributed by atoms with Crippen molar-refractivity contribution in [1.82, 2.24) is 25.6 Å². The zero-order chi connectivity index (χ0) is 26.2. The molecule has 9 heteroatoms. The van der Waals surface area contributed by atoms with Gasteiger partial charge in [0.05, 0.1) is 11.7 Å². The Bertz CT molecular complexity index is 1410. The number of pyridine rings is 1. The van der Waals surface area contributed by atoms with Crippen LogP contribution in [0, 0.1) is 13.8 Å². The summed E-state index contributed by atoms with van der Waals surface area (Å²) >= 11 is 0. The fourth-order valence-electron chi connectivity index (χ4n) is 3.62. The van der Waals surface area contributed by atoms with E-state index in [4.69, 9.17) is 4.74 Å². The molecule has 0 fully saturated rings. The van der Waals surface area contributed by atoms with Crippen LogP contribution in [0.25, 0.3) is 17.0 Å². The van der Waals surface area contributed by atoms with Crippen molar-refractivity contribution >= 4 is 34.5 Å². The molecule has 3 N–H and O–H groups in total. The summed E-state index contributed by atoms with van der Waals surface area (Å²) in [6.07, 6.45) is 7.00. The number of carbonyl (C=O) groups excluding carboxylic acids is 1. The Labute approximate surface area is 215 Å². The maximum Gasteiger partial charge on any atom is 0.315 e. The Balaban J connectivity index is 1.49. The van der Waals surface area contributed by atoms with Gasteiger partial charge in [-0.25, -0.2) is 19.2 Å². The van der Waals surface area contributed by atoms with Gasteiger partial charge in [-0.15, -0.1) is 0 Å². The molecule has 0 aliphatic rings. The molecule has 0 spiro atoms. The second-order valence-corrected chi connectivity index (χ2v) is 8.58. The van der Waals surface area contributed by atoms with E-state index in [1.165, 1.54) is 6.33 Å². The normalized spacial score (nSPS) is 11.9. The van der Waals surface area contributed by atoms with E-state index in [0.29, 0.717) is 11.6 Å². The first-order valence-electron chi connectivity index (χ1n) is 11.9. The highest BCUT2D eigenvalue weighted by molar-refractivity contribution is 5.92. The van der Waals surface area contributed by atoms with E-state index in [1.807, 2.05) is 81.5 Å². The number of halogens is 1. The fourth-order valence-corrected chi connectivity index (χ4v) is 3.62. The number of urea groups is 1. The minimum atomic E-state index is -0.601. The van der Waals surface area contributed by atoms with Crippen molar-refractivity contribution < 1.29 is 13.9 Å². The molecule has 0 aliphatic heterocycles. The Hall–Kier alpha value is -4.53. The number of nitrogens with one attached hydrogen (secondary N) is 3. The topological polar surface area (TPSA) is 101 Å². The molecule has 2 aromatic carbocycles. The van der Waals surface area contributed by atoms with Gasteiger partial charge in [-0.05, 0) is 74.4 Å². The SMILES string of the molecule is Cc1ccc(Oc2ccc(Nc3ncnc4ccc(C=CC(C)NC(=O)NCCF)cc34)cc2C)cn1. The van der Waals surface area contributed by atoms with E-state index in [-0.39, 0.29) is 12.6 Å². The Kier molecular flexibility index (Phi) is 8.25. The number of anilines is 2.